The predicted octanol–water partition coefficient (Wildman–Crippen LogP) is 3.33. The van der Waals surface area contributed by atoms with Gasteiger partial charge in [0, 0.05) is 0 Å². The lowest BCUT2D eigenvalue weighted by Crippen LogP contribution is -2.09. The Morgan fingerprint density at radius 3 is 2.50 bits per heavy atom. The van der Waals surface area contributed by atoms with Crippen molar-refractivity contribution in [3.8, 4) is 5.75 Å². The molecule has 0 radical (unpaired) electrons. The van der Waals surface area contributed by atoms with E-state index in [1.54, 1.807) is 25.1 Å². The summed E-state index contributed by atoms with van der Waals surface area (Å²) in [5.41, 5.74) is 0. The zero-order valence-electron chi connectivity index (χ0n) is 8.83. The van der Waals surface area contributed by atoms with Gasteiger partial charge in [0.1, 0.15) is 0 Å². The Morgan fingerprint density at radius 2 is 1.94 bits per heavy atom. The highest BCUT2D eigenvalue weighted by Crippen LogP contribution is 2.32. The summed E-state index contributed by atoms with van der Waals surface area (Å²) in [5.74, 6) is 0.0980. The maximum absolute atomic E-state index is 11.0. The van der Waals surface area contributed by atoms with E-state index in [0.717, 1.165) is 0 Å². The minimum absolute atomic E-state index is 0.176. The number of hydrogen-bond acceptors (Lipinski definition) is 3. The molecule has 1 rings (SSSR count). The van der Waals surface area contributed by atoms with Crippen molar-refractivity contribution in [2.75, 3.05) is 13.2 Å². The van der Waals surface area contributed by atoms with Gasteiger partial charge in [-0.1, -0.05) is 29.3 Å². The number of halogens is 2. The third kappa shape index (κ3) is 3.91. The van der Waals surface area contributed by atoms with E-state index >= 15 is 0 Å². The van der Waals surface area contributed by atoms with E-state index in [2.05, 4.69) is 0 Å². The Morgan fingerprint density at radius 1 is 1.31 bits per heavy atom. The molecule has 5 heteroatoms. The molecule has 0 aromatic heterocycles. The molecule has 0 bridgehead atoms. The molecule has 0 heterocycles. The molecule has 0 atom stereocenters. The highest BCUT2D eigenvalue weighted by molar-refractivity contribution is 6.37. The van der Waals surface area contributed by atoms with E-state index in [-0.39, 0.29) is 19.0 Å². The van der Waals surface area contributed by atoms with Crippen molar-refractivity contribution in [2.24, 2.45) is 0 Å². The molecule has 0 unspecified atom stereocenters. The summed E-state index contributed by atoms with van der Waals surface area (Å²) in [7, 11) is 0. The van der Waals surface area contributed by atoms with Crippen molar-refractivity contribution in [2.45, 2.75) is 13.3 Å². The third-order valence-corrected chi connectivity index (χ3v) is 2.37. The van der Waals surface area contributed by atoms with Crippen LogP contribution in [0.25, 0.3) is 0 Å². The Bertz CT molecular complexity index is 346. The number of carbonyl (C=O) groups excluding carboxylic acids is 1. The van der Waals surface area contributed by atoms with Crippen LogP contribution in [0.3, 0.4) is 0 Å². The second-order valence-electron chi connectivity index (χ2n) is 2.95. The van der Waals surface area contributed by atoms with Crippen LogP contribution in [0.5, 0.6) is 5.75 Å². The van der Waals surface area contributed by atoms with Crippen LogP contribution in [-0.2, 0) is 9.53 Å². The molecule has 3 nitrogen and oxygen atoms in total. The lowest BCUT2D eigenvalue weighted by Gasteiger charge is -2.09. The van der Waals surface area contributed by atoms with Crippen molar-refractivity contribution in [1.82, 2.24) is 0 Å². The van der Waals surface area contributed by atoms with E-state index < -0.39 is 0 Å². The monoisotopic (exact) mass is 262 g/mol. The zero-order valence-corrected chi connectivity index (χ0v) is 10.3. The van der Waals surface area contributed by atoms with E-state index in [9.17, 15) is 4.79 Å². The van der Waals surface area contributed by atoms with Gasteiger partial charge >= 0.3 is 5.97 Å². The van der Waals surface area contributed by atoms with Crippen molar-refractivity contribution in [3.05, 3.63) is 28.2 Å². The van der Waals surface area contributed by atoms with Gasteiger partial charge in [0.05, 0.1) is 29.7 Å². The summed E-state index contributed by atoms with van der Waals surface area (Å²) >= 11 is 11.8. The van der Waals surface area contributed by atoms with E-state index in [0.29, 0.717) is 22.4 Å². The minimum atomic E-state index is -0.300. The van der Waals surface area contributed by atoms with Crippen molar-refractivity contribution in [3.63, 3.8) is 0 Å². The second-order valence-corrected chi connectivity index (χ2v) is 3.77. The van der Waals surface area contributed by atoms with Gasteiger partial charge < -0.3 is 9.47 Å². The van der Waals surface area contributed by atoms with E-state index in [1.165, 1.54) is 0 Å². The van der Waals surface area contributed by atoms with Crippen LogP contribution in [-0.4, -0.2) is 19.2 Å². The first-order valence-corrected chi connectivity index (χ1v) is 5.63. The van der Waals surface area contributed by atoms with Gasteiger partial charge in [-0.05, 0) is 19.1 Å². The fourth-order valence-electron chi connectivity index (χ4n) is 1.09. The first kappa shape index (κ1) is 13.1. The molecular formula is C11H12Cl2O3. The number of hydrogen-bond donors (Lipinski definition) is 0. The number of carbonyl (C=O) groups is 1. The van der Waals surface area contributed by atoms with Crippen LogP contribution in [0.1, 0.15) is 13.3 Å². The van der Waals surface area contributed by atoms with Crippen LogP contribution in [0, 0.1) is 0 Å². The molecule has 88 valence electrons. The number of rotatable bonds is 5. The van der Waals surface area contributed by atoms with E-state index in [4.69, 9.17) is 32.7 Å². The van der Waals surface area contributed by atoms with Gasteiger partial charge in [-0.3, -0.25) is 4.79 Å². The van der Waals surface area contributed by atoms with Crippen molar-refractivity contribution >= 4 is 29.2 Å². The number of ether oxygens (including phenoxy) is 2. The smallest absolute Gasteiger partial charge is 0.309 e. The number of esters is 1. The maximum atomic E-state index is 11.0. The minimum Gasteiger partial charge on any atom is -0.490 e. The first-order chi connectivity index (χ1) is 7.65. The Hall–Kier alpha value is -0.930. The maximum Gasteiger partial charge on any atom is 0.309 e. The normalized spacial score (nSPS) is 9.94. The summed E-state index contributed by atoms with van der Waals surface area (Å²) in [6.07, 6.45) is 0.176. The molecule has 0 spiro atoms. The summed E-state index contributed by atoms with van der Waals surface area (Å²) in [4.78, 5) is 11.0. The summed E-state index contributed by atoms with van der Waals surface area (Å²) in [5, 5.41) is 0.854. The molecule has 0 aliphatic carbocycles. The Balaban J connectivity index is 2.46. The Labute approximate surface area is 104 Å². The average Bonchev–Trinajstić information content (AvgIpc) is 2.23. The third-order valence-electron chi connectivity index (χ3n) is 1.78. The lowest BCUT2D eigenvalue weighted by molar-refractivity contribution is -0.143. The van der Waals surface area contributed by atoms with Gasteiger partial charge in [-0.15, -0.1) is 0 Å². The van der Waals surface area contributed by atoms with Crippen LogP contribution in [0.4, 0.5) is 0 Å². The standard InChI is InChI=1S/C11H12Cl2O3/c1-2-15-10(14)6-7-16-11-8(12)4-3-5-9(11)13/h3-5H,2,6-7H2,1H3. The largest absolute Gasteiger partial charge is 0.490 e. The molecule has 1 aromatic carbocycles. The highest BCUT2D eigenvalue weighted by atomic mass is 35.5. The summed E-state index contributed by atoms with van der Waals surface area (Å²) in [6, 6.07) is 5.07. The fraction of sp³-hybridized carbons (Fsp3) is 0.364. The molecule has 0 amide bonds. The highest BCUT2D eigenvalue weighted by Gasteiger charge is 2.08. The summed E-state index contributed by atoms with van der Waals surface area (Å²) in [6.45, 7) is 2.32. The first-order valence-electron chi connectivity index (χ1n) is 4.87. The SMILES string of the molecule is CCOC(=O)CCOc1c(Cl)cccc1Cl. The molecule has 0 saturated heterocycles. The molecule has 0 aliphatic rings. The number of para-hydroxylation sites is 1. The molecule has 0 N–H and O–H groups in total. The van der Waals surface area contributed by atoms with Gasteiger partial charge in [-0.25, -0.2) is 0 Å². The van der Waals surface area contributed by atoms with Crippen LogP contribution < -0.4 is 4.74 Å². The zero-order chi connectivity index (χ0) is 12.0. The second kappa shape index (κ2) is 6.61. The average molecular weight is 263 g/mol. The fourth-order valence-corrected chi connectivity index (χ4v) is 1.60. The van der Waals surface area contributed by atoms with Crippen molar-refractivity contribution < 1.29 is 14.3 Å². The van der Waals surface area contributed by atoms with Gasteiger partial charge in [0.2, 0.25) is 0 Å². The quantitative estimate of drug-likeness (QED) is 0.764. The van der Waals surface area contributed by atoms with Gasteiger partial charge in [-0.2, -0.15) is 0 Å². The molecule has 0 aliphatic heterocycles. The van der Waals surface area contributed by atoms with Gasteiger partial charge in [0.25, 0.3) is 0 Å². The summed E-state index contributed by atoms with van der Waals surface area (Å²) < 4.78 is 10.1. The Kier molecular flexibility index (Phi) is 5.43. The molecular weight excluding hydrogens is 251 g/mol. The van der Waals surface area contributed by atoms with E-state index in [1.807, 2.05) is 0 Å². The van der Waals surface area contributed by atoms with Crippen LogP contribution in [0.2, 0.25) is 10.0 Å². The lowest BCUT2D eigenvalue weighted by atomic mass is 10.3. The molecule has 1 aromatic rings. The van der Waals surface area contributed by atoms with Crippen LogP contribution >= 0.6 is 23.2 Å². The molecule has 16 heavy (non-hydrogen) atoms. The topological polar surface area (TPSA) is 35.5 Å². The van der Waals surface area contributed by atoms with Gasteiger partial charge in [0.15, 0.2) is 5.75 Å². The van der Waals surface area contributed by atoms with Crippen LogP contribution in [0.15, 0.2) is 18.2 Å². The van der Waals surface area contributed by atoms with Crippen molar-refractivity contribution in [1.29, 1.82) is 0 Å². The predicted molar refractivity (Wildman–Crippen MR) is 63.2 cm³/mol. The molecule has 0 saturated carbocycles. The molecule has 0 fully saturated rings. The number of benzene rings is 1.